The molecule has 1 saturated carbocycles. The van der Waals surface area contributed by atoms with Crippen molar-refractivity contribution in [1.29, 1.82) is 0 Å². The molecule has 0 radical (unpaired) electrons. The third kappa shape index (κ3) is 3.64. The number of hydrogen-bond acceptors (Lipinski definition) is 5. The minimum Gasteiger partial charge on any atom is -0.497 e. The average Bonchev–Trinajstić information content (AvgIpc) is 3.51. The number of nitrogens with zero attached hydrogens (tertiary/aromatic N) is 3. The molecule has 0 unspecified atom stereocenters. The van der Waals surface area contributed by atoms with Gasteiger partial charge in [-0.3, -0.25) is 14.4 Å². The Kier molecular flexibility index (Phi) is 4.97. The summed E-state index contributed by atoms with van der Waals surface area (Å²) >= 11 is 0. The fraction of sp³-hybridized carbons (Fsp3) is 0.250. The van der Waals surface area contributed by atoms with Crippen LogP contribution >= 0.6 is 0 Å². The van der Waals surface area contributed by atoms with Crippen molar-refractivity contribution < 1.29 is 19.1 Å². The van der Waals surface area contributed by atoms with E-state index >= 15 is 0 Å². The molecule has 0 saturated heterocycles. The van der Waals surface area contributed by atoms with Gasteiger partial charge in [0.05, 0.1) is 25.9 Å². The predicted molar refractivity (Wildman–Crippen MR) is 117 cm³/mol. The standard InChI is InChI=1S/C24H22N4O4/c1-32-18-11-9-15(10-12-18)22(29)25-21-19-13-27(23(30)16-5-3-2-4-6-16)14-20(19)28(26-21)24(31)17-7-8-17/h2-6,9-12,17H,7-8,13-14H2,1H3,(H,25,26,29). The quantitative estimate of drug-likeness (QED) is 0.670. The molecular formula is C24H22N4O4. The number of aromatic nitrogens is 2. The van der Waals surface area contributed by atoms with Gasteiger partial charge in [-0.05, 0) is 49.2 Å². The van der Waals surface area contributed by atoms with Crippen LogP contribution in [0.1, 0.15) is 49.6 Å². The molecule has 2 aliphatic rings. The molecule has 2 amide bonds. The van der Waals surface area contributed by atoms with E-state index in [1.54, 1.807) is 48.4 Å². The molecule has 5 rings (SSSR count). The number of carbonyl (C=O) groups is 3. The molecule has 1 aromatic heterocycles. The SMILES string of the molecule is COc1ccc(C(=O)Nc2nn(C(=O)C3CC3)c3c2CN(C(=O)c2ccccc2)C3)cc1. The Labute approximate surface area is 184 Å². The van der Waals surface area contributed by atoms with Crippen molar-refractivity contribution in [3.05, 3.63) is 77.0 Å². The van der Waals surface area contributed by atoms with E-state index in [1.807, 2.05) is 18.2 Å². The van der Waals surface area contributed by atoms with Crippen molar-refractivity contribution >= 4 is 23.5 Å². The highest BCUT2D eigenvalue weighted by molar-refractivity contribution is 6.04. The molecule has 0 spiro atoms. The first-order valence-corrected chi connectivity index (χ1v) is 10.5. The highest BCUT2D eigenvalue weighted by Crippen LogP contribution is 2.35. The lowest BCUT2D eigenvalue weighted by molar-refractivity contribution is 0.0740. The van der Waals surface area contributed by atoms with E-state index in [0.29, 0.717) is 34.0 Å². The van der Waals surface area contributed by atoms with Gasteiger partial charge in [-0.15, -0.1) is 5.10 Å². The van der Waals surface area contributed by atoms with Crippen LogP contribution in [0.5, 0.6) is 5.75 Å². The van der Waals surface area contributed by atoms with E-state index in [4.69, 9.17) is 4.74 Å². The van der Waals surface area contributed by atoms with Crippen LogP contribution in [0.4, 0.5) is 5.82 Å². The van der Waals surface area contributed by atoms with Gasteiger partial charge in [0.15, 0.2) is 5.82 Å². The Hall–Kier alpha value is -3.94. The largest absolute Gasteiger partial charge is 0.497 e. The Bertz CT molecular complexity index is 1200. The summed E-state index contributed by atoms with van der Waals surface area (Å²) in [7, 11) is 1.56. The van der Waals surface area contributed by atoms with E-state index in [1.165, 1.54) is 4.68 Å². The minimum atomic E-state index is -0.341. The molecule has 162 valence electrons. The number of amides is 2. The van der Waals surface area contributed by atoms with Crippen LogP contribution in [-0.4, -0.2) is 39.5 Å². The van der Waals surface area contributed by atoms with Crippen LogP contribution in [0, 0.1) is 5.92 Å². The van der Waals surface area contributed by atoms with Crippen molar-refractivity contribution in [3.8, 4) is 5.75 Å². The first kappa shape index (κ1) is 20.0. The first-order valence-electron chi connectivity index (χ1n) is 10.5. The lowest BCUT2D eigenvalue weighted by Crippen LogP contribution is -2.27. The molecule has 32 heavy (non-hydrogen) atoms. The number of nitrogens with one attached hydrogen (secondary N) is 1. The van der Waals surface area contributed by atoms with Gasteiger partial charge in [0, 0.05) is 22.6 Å². The summed E-state index contributed by atoms with van der Waals surface area (Å²) in [5.74, 6) is 0.379. The number of methoxy groups -OCH3 is 1. The van der Waals surface area contributed by atoms with Crippen molar-refractivity contribution in [2.45, 2.75) is 25.9 Å². The van der Waals surface area contributed by atoms with Crippen LogP contribution in [0.25, 0.3) is 0 Å². The molecule has 0 atom stereocenters. The van der Waals surface area contributed by atoms with Crippen molar-refractivity contribution in [3.63, 3.8) is 0 Å². The van der Waals surface area contributed by atoms with E-state index < -0.39 is 0 Å². The number of carbonyl (C=O) groups excluding carboxylic acids is 3. The first-order chi connectivity index (χ1) is 15.5. The molecule has 1 fully saturated rings. The molecular weight excluding hydrogens is 408 g/mol. The fourth-order valence-electron chi connectivity index (χ4n) is 3.86. The summed E-state index contributed by atoms with van der Waals surface area (Å²) < 4.78 is 6.52. The van der Waals surface area contributed by atoms with E-state index in [0.717, 1.165) is 12.8 Å². The highest BCUT2D eigenvalue weighted by atomic mass is 16.5. The van der Waals surface area contributed by atoms with Crippen LogP contribution in [0.2, 0.25) is 0 Å². The van der Waals surface area contributed by atoms with Gasteiger partial charge in [0.2, 0.25) is 5.91 Å². The summed E-state index contributed by atoms with van der Waals surface area (Å²) in [5.41, 5.74) is 2.38. The number of ether oxygens (including phenoxy) is 1. The van der Waals surface area contributed by atoms with Crippen molar-refractivity contribution in [2.75, 3.05) is 12.4 Å². The molecule has 2 heterocycles. The monoisotopic (exact) mass is 430 g/mol. The van der Waals surface area contributed by atoms with Crippen molar-refractivity contribution in [1.82, 2.24) is 14.7 Å². The Morgan fingerprint density at radius 2 is 1.69 bits per heavy atom. The molecule has 1 aliphatic carbocycles. The molecule has 0 bridgehead atoms. The highest BCUT2D eigenvalue weighted by Gasteiger charge is 2.38. The normalized spacial score (nSPS) is 14.7. The van der Waals surface area contributed by atoms with E-state index in [2.05, 4.69) is 10.4 Å². The second-order valence-electron chi connectivity index (χ2n) is 8.01. The predicted octanol–water partition coefficient (Wildman–Crippen LogP) is 3.35. The smallest absolute Gasteiger partial charge is 0.256 e. The lowest BCUT2D eigenvalue weighted by Gasteiger charge is -2.16. The Balaban J connectivity index is 1.43. The fourth-order valence-corrected chi connectivity index (χ4v) is 3.86. The maximum Gasteiger partial charge on any atom is 0.256 e. The third-order valence-electron chi connectivity index (χ3n) is 5.81. The van der Waals surface area contributed by atoms with E-state index in [-0.39, 0.29) is 36.7 Å². The summed E-state index contributed by atoms with van der Waals surface area (Å²) in [4.78, 5) is 40.3. The van der Waals surface area contributed by atoms with Crippen LogP contribution < -0.4 is 10.1 Å². The van der Waals surface area contributed by atoms with Gasteiger partial charge >= 0.3 is 0 Å². The average molecular weight is 430 g/mol. The number of anilines is 1. The van der Waals surface area contributed by atoms with Crippen molar-refractivity contribution in [2.24, 2.45) is 5.92 Å². The summed E-state index contributed by atoms with van der Waals surface area (Å²) in [6, 6.07) is 15.7. The summed E-state index contributed by atoms with van der Waals surface area (Å²) in [6.07, 6.45) is 1.68. The minimum absolute atomic E-state index is 0.0389. The van der Waals surface area contributed by atoms with Gasteiger partial charge < -0.3 is 15.0 Å². The zero-order chi connectivity index (χ0) is 22.2. The Morgan fingerprint density at radius 1 is 0.969 bits per heavy atom. The van der Waals surface area contributed by atoms with Gasteiger partial charge in [-0.25, -0.2) is 4.68 Å². The number of fused-ring (bicyclic) bond motifs is 1. The summed E-state index contributed by atoms with van der Waals surface area (Å²) in [5, 5.41) is 7.26. The van der Waals surface area contributed by atoms with E-state index in [9.17, 15) is 14.4 Å². The van der Waals surface area contributed by atoms with Gasteiger partial charge in [-0.1, -0.05) is 18.2 Å². The molecule has 1 aliphatic heterocycles. The second kappa shape index (κ2) is 7.96. The zero-order valence-electron chi connectivity index (χ0n) is 17.6. The maximum atomic E-state index is 13.0. The van der Waals surface area contributed by atoms with Crippen LogP contribution in [-0.2, 0) is 13.1 Å². The van der Waals surface area contributed by atoms with Gasteiger partial charge in [-0.2, -0.15) is 0 Å². The summed E-state index contributed by atoms with van der Waals surface area (Å²) in [6.45, 7) is 0.548. The van der Waals surface area contributed by atoms with Crippen LogP contribution in [0.15, 0.2) is 54.6 Å². The topological polar surface area (TPSA) is 93.5 Å². The third-order valence-corrected chi connectivity index (χ3v) is 5.81. The van der Waals surface area contributed by atoms with Gasteiger partial charge in [0.25, 0.3) is 11.8 Å². The maximum absolute atomic E-state index is 13.0. The van der Waals surface area contributed by atoms with Crippen LogP contribution in [0.3, 0.4) is 0 Å². The molecule has 1 N–H and O–H groups in total. The lowest BCUT2D eigenvalue weighted by atomic mass is 10.2. The number of benzene rings is 2. The molecule has 2 aromatic carbocycles. The Morgan fingerprint density at radius 3 is 2.34 bits per heavy atom. The zero-order valence-corrected chi connectivity index (χ0v) is 17.6. The van der Waals surface area contributed by atoms with Gasteiger partial charge in [0.1, 0.15) is 5.75 Å². The molecule has 8 heteroatoms. The molecule has 3 aromatic rings. The number of hydrogen-bond donors (Lipinski definition) is 1. The molecule has 8 nitrogen and oxygen atoms in total. The second-order valence-corrected chi connectivity index (χ2v) is 8.01. The number of rotatable bonds is 5.